The van der Waals surface area contributed by atoms with Gasteiger partial charge in [-0.3, -0.25) is 0 Å². The minimum Gasteiger partial charge on any atom is -0.397 e. The Morgan fingerprint density at radius 3 is 2.35 bits per heavy atom. The van der Waals surface area contributed by atoms with Crippen LogP contribution >= 0.6 is 0 Å². The number of nitrogen functional groups attached to an aromatic ring is 1. The lowest BCUT2D eigenvalue weighted by molar-refractivity contribution is 0.521. The molecule has 0 aliphatic heterocycles. The summed E-state index contributed by atoms with van der Waals surface area (Å²) in [5.41, 5.74) is 6.90. The summed E-state index contributed by atoms with van der Waals surface area (Å²) in [5.74, 6) is 1.32. The molecule has 0 radical (unpaired) electrons. The lowest BCUT2D eigenvalue weighted by Crippen LogP contribution is -2.22. The van der Waals surface area contributed by atoms with Gasteiger partial charge in [-0.2, -0.15) is 5.10 Å². The highest BCUT2D eigenvalue weighted by Gasteiger charge is 2.19. The zero-order valence-corrected chi connectivity index (χ0v) is 12.6. The Morgan fingerprint density at radius 2 is 1.90 bits per heavy atom. The van der Waals surface area contributed by atoms with Gasteiger partial charge in [0.2, 0.25) is 10.0 Å². The van der Waals surface area contributed by atoms with Crippen molar-refractivity contribution in [1.29, 1.82) is 0 Å². The number of nitrogens with two attached hydrogens (primary N) is 1. The number of aryl methyl sites for hydroxylation is 2. The molecule has 0 bridgehead atoms. The first kappa shape index (κ1) is 14.5. The molecule has 0 fully saturated rings. The van der Waals surface area contributed by atoms with E-state index in [2.05, 4.69) is 10.1 Å². The monoisotopic (exact) mass is 295 g/mol. The van der Waals surface area contributed by atoms with E-state index in [4.69, 9.17) is 5.73 Å². The van der Waals surface area contributed by atoms with Crippen molar-refractivity contribution < 1.29 is 8.42 Å². The first-order chi connectivity index (χ1) is 9.23. The van der Waals surface area contributed by atoms with Crippen LogP contribution in [-0.4, -0.2) is 41.6 Å². The van der Waals surface area contributed by atoms with E-state index in [1.165, 1.54) is 26.2 Å². The summed E-state index contributed by atoms with van der Waals surface area (Å²) in [7, 11) is -0.542. The Kier molecular flexibility index (Phi) is 3.53. The standard InChI is InChI=1S/C12H17N5O2S/c1-8-14-9(2)17(15-8)12-6-5-10(7-11(12)13)20(18,19)16(3)4/h5-7H,13H2,1-4H3. The number of rotatable bonds is 3. The molecule has 0 aliphatic rings. The number of nitrogens with zero attached hydrogens (tertiary/aromatic N) is 4. The fourth-order valence-electron chi connectivity index (χ4n) is 1.85. The topological polar surface area (TPSA) is 94.1 Å². The molecule has 20 heavy (non-hydrogen) atoms. The molecule has 0 unspecified atom stereocenters. The zero-order valence-electron chi connectivity index (χ0n) is 11.8. The van der Waals surface area contributed by atoms with Crippen molar-refractivity contribution in [2.24, 2.45) is 0 Å². The molecule has 0 atom stereocenters. The number of benzene rings is 1. The van der Waals surface area contributed by atoms with Crippen LogP contribution < -0.4 is 5.73 Å². The minimum atomic E-state index is -3.50. The van der Waals surface area contributed by atoms with Crippen LogP contribution in [0.5, 0.6) is 0 Å². The first-order valence-corrected chi connectivity index (χ1v) is 7.40. The molecule has 0 aliphatic carbocycles. The van der Waals surface area contributed by atoms with E-state index in [9.17, 15) is 8.42 Å². The molecule has 2 aromatic rings. The number of sulfonamides is 1. The van der Waals surface area contributed by atoms with Gasteiger partial charge in [0, 0.05) is 14.1 Å². The molecule has 108 valence electrons. The maximum absolute atomic E-state index is 12.0. The molecule has 7 nitrogen and oxygen atoms in total. The van der Waals surface area contributed by atoms with Gasteiger partial charge in [0.15, 0.2) is 0 Å². The van der Waals surface area contributed by atoms with E-state index in [-0.39, 0.29) is 4.90 Å². The summed E-state index contributed by atoms with van der Waals surface area (Å²) in [6.07, 6.45) is 0. The highest BCUT2D eigenvalue weighted by Crippen LogP contribution is 2.23. The summed E-state index contributed by atoms with van der Waals surface area (Å²) in [6.45, 7) is 3.59. The van der Waals surface area contributed by atoms with Gasteiger partial charge in [-0.25, -0.2) is 22.4 Å². The van der Waals surface area contributed by atoms with Crippen molar-refractivity contribution in [1.82, 2.24) is 19.1 Å². The van der Waals surface area contributed by atoms with E-state index in [1.807, 2.05) is 6.92 Å². The average molecular weight is 295 g/mol. The summed E-state index contributed by atoms with van der Waals surface area (Å²) in [5, 5.41) is 4.23. The number of aromatic nitrogens is 3. The molecule has 0 amide bonds. The van der Waals surface area contributed by atoms with Gasteiger partial charge in [-0.15, -0.1) is 0 Å². The Bertz CT molecular complexity index is 749. The van der Waals surface area contributed by atoms with E-state index in [0.717, 1.165) is 4.31 Å². The number of anilines is 1. The van der Waals surface area contributed by atoms with E-state index in [0.29, 0.717) is 23.0 Å². The van der Waals surface area contributed by atoms with Crippen LogP contribution in [0.4, 0.5) is 5.69 Å². The molecule has 0 saturated carbocycles. The molecule has 0 saturated heterocycles. The quantitative estimate of drug-likeness (QED) is 0.842. The van der Waals surface area contributed by atoms with Gasteiger partial charge in [-0.05, 0) is 32.0 Å². The van der Waals surface area contributed by atoms with E-state index >= 15 is 0 Å². The Balaban J connectivity index is 2.54. The number of hydrogen-bond acceptors (Lipinski definition) is 5. The van der Waals surface area contributed by atoms with E-state index in [1.54, 1.807) is 17.7 Å². The Hall–Kier alpha value is -1.93. The van der Waals surface area contributed by atoms with Crippen molar-refractivity contribution in [2.45, 2.75) is 18.7 Å². The molecular formula is C12H17N5O2S. The fraction of sp³-hybridized carbons (Fsp3) is 0.333. The van der Waals surface area contributed by atoms with Crippen LogP contribution in [0.3, 0.4) is 0 Å². The van der Waals surface area contributed by atoms with Gasteiger partial charge >= 0.3 is 0 Å². The summed E-state index contributed by atoms with van der Waals surface area (Å²) in [4.78, 5) is 4.35. The van der Waals surface area contributed by atoms with Gasteiger partial charge in [0.05, 0.1) is 16.3 Å². The lowest BCUT2D eigenvalue weighted by atomic mass is 10.2. The van der Waals surface area contributed by atoms with Crippen LogP contribution in [0, 0.1) is 13.8 Å². The van der Waals surface area contributed by atoms with Gasteiger partial charge in [0.1, 0.15) is 11.6 Å². The van der Waals surface area contributed by atoms with Crippen molar-refractivity contribution in [2.75, 3.05) is 19.8 Å². The third-order valence-corrected chi connectivity index (χ3v) is 4.69. The smallest absolute Gasteiger partial charge is 0.242 e. The first-order valence-electron chi connectivity index (χ1n) is 5.96. The molecule has 0 spiro atoms. The predicted molar refractivity (Wildman–Crippen MR) is 76.1 cm³/mol. The third kappa shape index (κ3) is 2.39. The van der Waals surface area contributed by atoms with Crippen LogP contribution in [0.1, 0.15) is 11.6 Å². The second-order valence-electron chi connectivity index (χ2n) is 4.63. The fourth-order valence-corrected chi connectivity index (χ4v) is 2.78. The Morgan fingerprint density at radius 1 is 1.25 bits per heavy atom. The highest BCUT2D eigenvalue weighted by atomic mass is 32.2. The highest BCUT2D eigenvalue weighted by molar-refractivity contribution is 7.89. The minimum absolute atomic E-state index is 0.151. The van der Waals surface area contributed by atoms with Crippen molar-refractivity contribution in [3.05, 3.63) is 29.8 Å². The number of hydrogen-bond donors (Lipinski definition) is 1. The van der Waals surface area contributed by atoms with Crippen molar-refractivity contribution in [3.63, 3.8) is 0 Å². The van der Waals surface area contributed by atoms with Gasteiger partial charge in [0.25, 0.3) is 0 Å². The molecule has 1 heterocycles. The molecule has 1 aromatic carbocycles. The largest absolute Gasteiger partial charge is 0.397 e. The molecule has 1 aromatic heterocycles. The summed E-state index contributed by atoms with van der Waals surface area (Å²) < 4.78 is 26.8. The van der Waals surface area contributed by atoms with E-state index < -0.39 is 10.0 Å². The second-order valence-corrected chi connectivity index (χ2v) is 6.78. The maximum atomic E-state index is 12.0. The van der Waals surface area contributed by atoms with Gasteiger partial charge in [-0.1, -0.05) is 0 Å². The third-order valence-electron chi connectivity index (χ3n) is 2.88. The van der Waals surface area contributed by atoms with Gasteiger partial charge < -0.3 is 5.73 Å². The zero-order chi connectivity index (χ0) is 15.1. The summed E-state index contributed by atoms with van der Waals surface area (Å²) >= 11 is 0. The normalized spacial score (nSPS) is 12.1. The van der Waals surface area contributed by atoms with Crippen LogP contribution in [0.2, 0.25) is 0 Å². The SMILES string of the molecule is Cc1nc(C)n(-c2ccc(S(=O)(=O)N(C)C)cc2N)n1. The van der Waals surface area contributed by atoms with Crippen LogP contribution in [0.25, 0.3) is 5.69 Å². The lowest BCUT2D eigenvalue weighted by Gasteiger charge is -2.13. The van der Waals surface area contributed by atoms with Crippen LogP contribution in [-0.2, 0) is 10.0 Å². The average Bonchev–Trinajstić information content (AvgIpc) is 2.68. The summed E-state index contributed by atoms with van der Waals surface area (Å²) in [6, 6.07) is 4.57. The van der Waals surface area contributed by atoms with Crippen LogP contribution in [0.15, 0.2) is 23.1 Å². The molecular weight excluding hydrogens is 278 g/mol. The molecule has 2 N–H and O–H groups in total. The van der Waals surface area contributed by atoms with Crippen molar-refractivity contribution >= 4 is 15.7 Å². The van der Waals surface area contributed by atoms with Crippen molar-refractivity contribution in [3.8, 4) is 5.69 Å². The molecule has 8 heteroatoms. The molecule has 2 rings (SSSR count). The maximum Gasteiger partial charge on any atom is 0.242 e. The predicted octanol–water partition coefficient (Wildman–Crippen LogP) is 0.717. The second kappa shape index (κ2) is 4.88. The Labute approximate surface area is 118 Å².